The van der Waals surface area contributed by atoms with Crippen molar-refractivity contribution in [3.63, 3.8) is 0 Å². The Morgan fingerprint density at radius 3 is 2.59 bits per heavy atom. The van der Waals surface area contributed by atoms with Gasteiger partial charge < -0.3 is 5.32 Å². The largest absolute Gasteiger partial charge is 0.355 e. The van der Waals surface area contributed by atoms with E-state index in [1.807, 2.05) is 25.1 Å². The summed E-state index contributed by atoms with van der Waals surface area (Å²) in [5.74, 6) is 1.68. The molecule has 0 unspecified atom stereocenters. The van der Waals surface area contributed by atoms with Gasteiger partial charge in [-0.25, -0.2) is 8.42 Å². The molecule has 29 heavy (non-hydrogen) atoms. The van der Waals surface area contributed by atoms with Gasteiger partial charge in [-0.2, -0.15) is 11.8 Å². The van der Waals surface area contributed by atoms with Crippen LogP contribution in [-0.4, -0.2) is 39.4 Å². The van der Waals surface area contributed by atoms with Crippen LogP contribution in [-0.2, 0) is 20.6 Å². The minimum Gasteiger partial charge on any atom is -0.355 e. The van der Waals surface area contributed by atoms with E-state index < -0.39 is 10.0 Å². The van der Waals surface area contributed by atoms with E-state index in [0.717, 1.165) is 23.3 Å². The van der Waals surface area contributed by atoms with Crippen molar-refractivity contribution in [1.29, 1.82) is 0 Å². The van der Waals surface area contributed by atoms with Crippen LogP contribution >= 0.6 is 23.4 Å². The maximum absolute atomic E-state index is 12.2. The Labute approximate surface area is 182 Å². The number of amides is 1. The normalized spacial score (nSPS) is 11.3. The molecule has 0 aliphatic rings. The van der Waals surface area contributed by atoms with Crippen LogP contribution in [0, 0.1) is 6.92 Å². The van der Waals surface area contributed by atoms with Crippen molar-refractivity contribution >= 4 is 45.0 Å². The Kier molecular flexibility index (Phi) is 9.33. The first-order valence-electron chi connectivity index (χ1n) is 9.39. The van der Waals surface area contributed by atoms with E-state index in [1.165, 1.54) is 9.87 Å². The molecule has 158 valence electrons. The minimum atomic E-state index is -3.47. The number of aryl methyl sites for hydroxylation is 1. The molecule has 0 saturated heterocycles. The Bertz CT molecular complexity index is 905. The molecule has 2 rings (SSSR count). The van der Waals surface area contributed by atoms with Crippen LogP contribution < -0.4 is 9.62 Å². The molecule has 0 aromatic heterocycles. The average Bonchev–Trinajstić information content (AvgIpc) is 2.67. The third-order valence-corrected chi connectivity index (χ3v) is 6.73. The van der Waals surface area contributed by atoms with E-state index in [1.54, 1.807) is 30.0 Å². The molecule has 0 bridgehead atoms. The molecule has 8 heteroatoms. The summed E-state index contributed by atoms with van der Waals surface area (Å²) in [4.78, 5) is 12.1. The van der Waals surface area contributed by atoms with Gasteiger partial charge in [-0.15, -0.1) is 0 Å². The summed E-state index contributed by atoms with van der Waals surface area (Å²) in [5, 5.41) is 3.37. The van der Waals surface area contributed by atoms with Crippen LogP contribution in [0.3, 0.4) is 0 Å². The number of rotatable bonds is 11. The molecule has 0 aliphatic heterocycles. The Hall–Kier alpha value is -1.70. The second kappa shape index (κ2) is 11.5. The lowest BCUT2D eigenvalue weighted by atomic mass is 10.2. The topological polar surface area (TPSA) is 66.5 Å². The second-order valence-electron chi connectivity index (χ2n) is 6.76. The summed E-state index contributed by atoms with van der Waals surface area (Å²) in [7, 11) is -3.47. The summed E-state index contributed by atoms with van der Waals surface area (Å²) in [6.45, 7) is 2.67. The van der Waals surface area contributed by atoms with Gasteiger partial charge in [0.2, 0.25) is 15.9 Å². The number of carbonyl (C=O) groups excluding carboxylic acids is 1. The van der Waals surface area contributed by atoms with Crippen molar-refractivity contribution in [3.05, 3.63) is 64.7 Å². The molecular formula is C21H27ClN2O3S2. The summed E-state index contributed by atoms with van der Waals surface area (Å²) < 4.78 is 25.7. The van der Waals surface area contributed by atoms with Crippen LogP contribution in [0.5, 0.6) is 0 Å². The lowest BCUT2D eigenvalue weighted by Gasteiger charge is -2.24. The molecule has 1 amide bonds. The monoisotopic (exact) mass is 454 g/mol. The Balaban J connectivity index is 1.74. The van der Waals surface area contributed by atoms with E-state index in [0.29, 0.717) is 23.7 Å². The van der Waals surface area contributed by atoms with Gasteiger partial charge in [0.1, 0.15) is 0 Å². The lowest BCUT2D eigenvalue weighted by Crippen LogP contribution is -2.33. The van der Waals surface area contributed by atoms with E-state index in [2.05, 4.69) is 17.4 Å². The van der Waals surface area contributed by atoms with Crippen LogP contribution in [0.25, 0.3) is 0 Å². The van der Waals surface area contributed by atoms with Crippen LogP contribution in [0.4, 0.5) is 5.69 Å². The van der Waals surface area contributed by atoms with Crippen molar-refractivity contribution in [2.75, 3.05) is 29.4 Å². The number of hydrogen-bond acceptors (Lipinski definition) is 4. The molecule has 0 radical (unpaired) electrons. The van der Waals surface area contributed by atoms with Crippen LogP contribution in [0.1, 0.15) is 24.0 Å². The van der Waals surface area contributed by atoms with E-state index in [9.17, 15) is 13.2 Å². The molecule has 2 aromatic carbocycles. The summed E-state index contributed by atoms with van der Waals surface area (Å²) >= 11 is 7.80. The van der Waals surface area contributed by atoms with Crippen LogP contribution in [0.2, 0.25) is 5.02 Å². The summed E-state index contributed by atoms with van der Waals surface area (Å²) in [6.07, 6.45) is 1.87. The molecule has 0 aliphatic carbocycles. The molecule has 5 nitrogen and oxygen atoms in total. The van der Waals surface area contributed by atoms with Crippen molar-refractivity contribution < 1.29 is 13.2 Å². The van der Waals surface area contributed by atoms with Crippen LogP contribution in [0.15, 0.2) is 48.5 Å². The highest BCUT2D eigenvalue weighted by Crippen LogP contribution is 2.26. The van der Waals surface area contributed by atoms with Gasteiger partial charge in [0.05, 0.1) is 11.9 Å². The molecule has 0 spiro atoms. The SMILES string of the molecule is Cc1ccc(Cl)cc1N(CCCC(=O)NCCSCc1ccccc1)S(C)(=O)=O. The van der Waals surface area contributed by atoms with E-state index in [4.69, 9.17) is 11.6 Å². The van der Waals surface area contributed by atoms with Gasteiger partial charge in [-0.05, 0) is 36.6 Å². The quantitative estimate of drug-likeness (QED) is 0.515. The summed E-state index contributed by atoms with van der Waals surface area (Å²) in [6, 6.07) is 15.3. The lowest BCUT2D eigenvalue weighted by molar-refractivity contribution is -0.121. The predicted molar refractivity (Wildman–Crippen MR) is 123 cm³/mol. The summed E-state index contributed by atoms with van der Waals surface area (Å²) in [5.41, 5.74) is 2.64. The van der Waals surface area contributed by atoms with Crippen molar-refractivity contribution in [2.45, 2.75) is 25.5 Å². The number of hydrogen-bond donors (Lipinski definition) is 1. The minimum absolute atomic E-state index is 0.0680. The number of nitrogens with zero attached hydrogens (tertiary/aromatic N) is 1. The highest BCUT2D eigenvalue weighted by molar-refractivity contribution is 7.98. The molecular weight excluding hydrogens is 428 g/mol. The maximum atomic E-state index is 12.2. The number of anilines is 1. The van der Waals surface area contributed by atoms with Gasteiger partial charge in [0, 0.05) is 36.0 Å². The third-order valence-electron chi connectivity index (χ3n) is 4.29. The number of carbonyl (C=O) groups is 1. The second-order valence-corrected chi connectivity index (χ2v) is 10.2. The first-order chi connectivity index (χ1) is 13.8. The van der Waals surface area contributed by atoms with Gasteiger partial charge in [-0.1, -0.05) is 48.0 Å². The van der Waals surface area contributed by atoms with Gasteiger partial charge in [0.15, 0.2) is 0 Å². The molecule has 0 fully saturated rings. The van der Waals surface area contributed by atoms with E-state index in [-0.39, 0.29) is 18.9 Å². The van der Waals surface area contributed by atoms with Crippen molar-refractivity contribution in [3.8, 4) is 0 Å². The fraction of sp³-hybridized carbons (Fsp3) is 0.381. The molecule has 0 saturated carbocycles. The fourth-order valence-electron chi connectivity index (χ4n) is 2.81. The standard InChI is InChI=1S/C21H27ClN2O3S2/c1-17-10-11-19(22)15-20(17)24(29(2,26)27)13-6-9-21(25)23-12-14-28-16-18-7-4-3-5-8-18/h3-5,7-8,10-11,15H,6,9,12-14,16H2,1-2H3,(H,23,25). The predicted octanol–water partition coefficient (Wildman–Crippen LogP) is 4.24. The van der Waals surface area contributed by atoms with Gasteiger partial charge in [-0.3, -0.25) is 9.10 Å². The van der Waals surface area contributed by atoms with Gasteiger partial charge in [0.25, 0.3) is 0 Å². The highest BCUT2D eigenvalue weighted by Gasteiger charge is 2.19. The first kappa shape index (κ1) is 23.6. The number of sulfonamides is 1. The zero-order chi connectivity index (χ0) is 21.3. The van der Waals surface area contributed by atoms with Crippen molar-refractivity contribution in [1.82, 2.24) is 5.32 Å². The Morgan fingerprint density at radius 2 is 1.90 bits per heavy atom. The van der Waals surface area contributed by atoms with Crippen molar-refractivity contribution in [2.24, 2.45) is 0 Å². The molecule has 0 heterocycles. The average molecular weight is 455 g/mol. The first-order valence-corrected chi connectivity index (χ1v) is 12.8. The zero-order valence-electron chi connectivity index (χ0n) is 16.7. The smallest absolute Gasteiger partial charge is 0.232 e. The number of nitrogens with one attached hydrogen (secondary N) is 1. The highest BCUT2D eigenvalue weighted by atomic mass is 35.5. The molecule has 0 atom stereocenters. The Morgan fingerprint density at radius 1 is 1.17 bits per heavy atom. The number of benzene rings is 2. The number of thioether (sulfide) groups is 1. The van der Waals surface area contributed by atoms with Gasteiger partial charge >= 0.3 is 0 Å². The van der Waals surface area contributed by atoms with E-state index >= 15 is 0 Å². The number of halogens is 1. The maximum Gasteiger partial charge on any atom is 0.232 e. The fourth-order valence-corrected chi connectivity index (χ4v) is 4.81. The molecule has 1 N–H and O–H groups in total. The zero-order valence-corrected chi connectivity index (χ0v) is 19.1. The third kappa shape index (κ3) is 8.28. The molecule has 2 aromatic rings.